The Kier molecular flexibility index (Phi) is 7.84. The fourth-order valence-electron chi connectivity index (χ4n) is 1.49. The summed E-state index contributed by atoms with van der Waals surface area (Å²) in [4.78, 5) is 21.7. The molecule has 1 atom stereocenters. The van der Waals surface area contributed by atoms with Crippen LogP contribution in [-0.4, -0.2) is 31.4 Å². The van der Waals surface area contributed by atoms with Gasteiger partial charge >= 0.3 is 0 Å². The van der Waals surface area contributed by atoms with Gasteiger partial charge < -0.3 is 16.0 Å². The Balaban J connectivity index is 3.87. The fourth-order valence-corrected chi connectivity index (χ4v) is 1.49. The van der Waals surface area contributed by atoms with Gasteiger partial charge in [-0.25, -0.2) is 0 Å². The maximum absolute atomic E-state index is 11.0. The van der Waals surface area contributed by atoms with Gasteiger partial charge in [0.25, 0.3) is 0 Å². The molecule has 1 unspecified atom stereocenters. The molecule has 0 saturated heterocycles. The molecule has 0 heterocycles. The largest absolute Gasteiger partial charge is 0.390 e. The summed E-state index contributed by atoms with van der Waals surface area (Å²) in [6, 6.07) is -0.0465. The van der Waals surface area contributed by atoms with Gasteiger partial charge in [-0.1, -0.05) is 6.58 Å². The van der Waals surface area contributed by atoms with Crippen LogP contribution < -0.4 is 16.0 Å². The van der Waals surface area contributed by atoms with E-state index in [0.29, 0.717) is 6.54 Å². The Bertz CT molecular complexity index is 277. The van der Waals surface area contributed by atoms with Crippen molar-refractivity contribution >= 4 is 11.8 Å². The van der Waals surface area contributed by atoms with Crippen LogP contribution in [0.2, 0.25) is 0 Å². The molecule has 2 amide bonds. The van der Waals surface area contributed by atoms with E-state index in [2.05, 4.69) is 22.5 Å². The summed E-state index contributed by atoms with van der Waals surface area (Å²) in [5.74, 6) is -0.0729. The van der Waals surface area contributed by atoms with Gasteiger partial charge in [-0.15, -0.1) is 0 Å². The normalized spacial score (nSPS) is 11.5. The SMILES string of the molecule is C=C(NC)C(CCCCNC(C)=O)NC(C)=O. The topological polar surface area (TPSA) is 70.2 Å². The van der Waals surface area contributed by atoms with E-state index in [9.17, 15) is 9.59 Å². The Morgan fingerprint density at radius 3 is 2.29 bits per heavy atom. The van der Waals surface area contributed by atoms with Crippen LogP contribution in [0.25, 0.3) is 0 Å². The number of carbonyl (C=O) groups is 2. The van der Waals surface area contributed by atoms with E-state index in [-0.39, 0.29) is 17.9 Å². The second kappa shape index (κ2) is 8.61. The lowest BCUT2D eigenvalue weighted by atomic mass is 10.1. The summed E-state index contributed by atoms with van der Waals surface area (Å²) in [5.41, 5.74) is 0.805. The predicted octanol–water partition coefficient (Wildman–Crippen LogP) is 0.531. The van der Waals surface area contributed by atoms with Crippen molar-refractivity contribution < 1.29 is 9.59 Å². The van der Waals surface area contributed by atoms with Crippen molar-refractivity contribution in [2.45, 2.75) is 39.2 Å². The van der Waals surface area contributed by atoms with Crippen LogP contribution >= 0.6 is 0 Å². The Labute approximate surface area is 103 Å². The molecule has 0 aliphatic heterocycles. The molecular formula is C12H23N3O2. The van der Waals surface area contributed by atoms with Crippen molar-refractivity contribution in [1.82, 2.24) is 16.0 Å². The third-order valence-electron chi connectivity index (χ3n) is 2.41. The molecule has 0 fully saturated rings. The molecule has 5 nitrogen and oxygen atoms in total. The second-order valence-electron chi connectivity index (χ2n) is 4.01. The highest BCUT2D eigenvalue weighted by Gasteiger charge is 2.12. The molecule has 5 heteroatoms. The maximum Gasteiger partial charge on any atom is 0.217 e. The van der Waals surface area contributed by atoms with Crippen molar-refractivity contribution in [3.05, 3.63) is 12.3 Å². The van der Waals surface area contributed by atoms with Crippen molar-refractivity contribution in [1.29, 1.82) is 0 Å². The minimum absolute atomic E-state index is 0.0111. The lowest BCUT2D eigenvalue weighted by Gasteiger charge is -2.20. The number of hydrogen-bond donors (Lipinski definition) is 3. The quantitative estimate of drug-likeness (QED) is 0.543. The van der Waals surface area contributed by atoms with Gasteiger partial charge in [0, 0.05) is 33.1 Å². The standard InChI is InChI=1S/C12H23N3O2/c1-9(13-4)12(15-11(3)17)7-5-6-8-14-10(2)16/h12-13H,1,5-8H2,2-4H3,(H,14,16)(H,15,17). The molecular weight excluding hydrogens is 218 g/mol. The van der Waals surface area contributed by atoms with E-state index in [0.717, 1.165) is 25.0 Å². The first kappa shape index (κ1) is 15.5. The summed E-state index contributed by atoms with van der Waals surface area (Å²) in [6.07, 6.45) is 2.64. The first-order chi connectivity index (χ1) is 7.97. The third kappa shape index (κ3) is 8.30. The first-order valence-corrected chi connectivity index (χ1v) is 5.85. The average Bonchev–Trinajstić information content (AvgIpc) is 2.25. The van der Waals surface area contributed by atoms with Crippen molar-refractivity contribution in [2.75, 3.05) is 13.6 Å². The van der Waals surface area contributed by atoms with Gasteiger partial charge in [0.2, 0.25) is 11.8 Å². The van der Waals surface area contributed by atoms with Crippen molar-refractivity contribution in [3.63, 3.8) is 0 Å². The second-order valence-corrected chi connectivity index (χ2v) is 4.01. The minimum Gasteiger partial charge on any atom is -0.390 e. The molecule has 0 radical (unpaired) electrons. The number of hydrogen-bond acceptors (Lipinski definition) is 3. The highest BCUT2D eigenvalue weighted by Crippen LogP contribution is 2.06. The van der Waals surface area contributed by atoms with Crippen LogP contribution in [0.5, 0.6) is 0 Å². The van der Waals surface area contributed by atoms with Gasteiger partial charge in [-0.2, -0.15) is 0 Å². The van der Waals surface area contributed by atoms with Crippen LogP contribution in [0.3, 0.4) is 0 Å². The number of carbonyl (C=O) groups excluding carboxylic acids is 2. The summed E-state index contributed by atoms with van der Waals surface area (Å²) in [7, 11) is 1.79. The molecule has 0 saturated carbocycles. The van der Waals surface area contributed by atoms with E-state index in [1.54, 1.807) is 7.05 Å². The lowest BCUT2D eigenvalue weighted by Crippen LogP contribution is -2.38. The Morgan fingerprint density at radius 2 is 1.82 bits per heavy atom. The molecule has 0 aromatic heterocycles. The van der Waals surface area contributed by atoms with Crippen LogP contribution in [0.1, 0.15) is 33.1 Å². The third-order valence-corrected chi connectivity index (χ3v) is 2.41. The Hall–Kier alpha value is -1.52. The van der Waals surface area contributed by atoms with E-state index < -0.39 is 0 Å². The molecule has 0 aromatic rings. The molecule has 0 aliphatic rings. The first-order valence-electron chi connectivity index (χ1n) is 5.85. The molecule has 3 N–H and O–H groups in total. The lowest BCUT2D eigenvalue weighted by molar-refractivity contribution is -0.120. The zero-order valence-corrected chi connectivity index (χ0v) is 10.9. The van der Waals surface area contributed by atoms with Crippen molar-refractivity contribution in [3.8, 4) is 0 Å². The van der Waals surface area contributed by atoms with Crippen LogP contribution in [0, 0.1) is 0 Å². The highest BCUT2D eigenvalue weighted by atomic mass is 16.2. The maximum atomic E-state index is 11.0. The number of rotatable bonds is 8. The van der Waals surface area contributed by atoms with Gasteiger partial charge in [0.05, 0.1) is 6.04 Å². The molecule has 0 aliphatic carbocycles. The number of amides is 2. The van der Waals surface area contributed by atoms with E-state index in [1.807, 2.05) is 0 Å². The molecule has 0 aromatic carbocycles. The minimum atomic E-state index is -0.0618. The number of likely N-dealkylation sites (N-methyl/N-ethyl adjacent to an activating group) is 1. The van der Waals surface area contributed by atoms with E-state index in [1.165, 1.54) is 13.8 Å². The van der Waals surface area contributed by atoms with Gasteiger partial charge in [-0.05, 0) is 19.3 Å². The van der Waals surface area contributed by atoms with Crippen LogP contribution in [0.4, 0.5) is 0 Å². The average molecular weight is 241 g/mol. The molecule has 0 rings (SSSR count). The van der Waals surface area contributed by atoms with Crippen molar-refractivity contribution in [2.24, 2.45) is 0 Å². The number of unbranched alkanes of at least 4 members (excludes halogenated alkanes) is 1. The highest BCUT2D eigenvalue weighted by molar-refractivity contribution is 5.73. The smallest absolute Gasteiger partial charge is 0.217 e. The fraction of sp³-hybridized carbons (Fsp3) is 0.667. The zero-order valence-electron chi connectivity index (χ0n) is 10.9. The summed E-state index contributed by atoms with van der Waals surface area (Å²) in [6.45, 7) is 7.53. The molecule has 98 valence electrons. The monoisotopic (exact) mass is 241 g/mol. The molecule has 17 heavy (non-hydrogen) atoms. The van der Waals surface area contributed by atoms with Gasteiger partial charge in [0.1, 0.15) is 0 Å². The van der Waals surface area contributed by atoms with E-state index >= 15 is 0 Å². The van der Waals surface area contributed by atoms with E-state index in [4.69, 9.17) is 0 Å². The summed E-state index contributed by atoms with van der Waals surface area (Å²) in [5, 5.41) is 8.53. The van der Waals surface area contributed by atoms with Gasteiger partial charge in [-0.3, -0.25) is 9.59 Å². The number of nitrogens with one attached hydrogen (secondary N) is 3. The summed E-state index contributed by atoms with van der Waals surface area (Å²) < 4.78 is 0. The Morgan fingerprint density at radius 1 is 1.18 bits per heavy atom. The molecule has 0 spiro atoms. The van der Waals surface area contributed by atoms with Crippen LogP contribution in [0.15, 0.2) is 12.3 Å². The van der Waals surface area contributed by atoms with Gasteiger partial charge in [0.15, 0.2) is 0 Å². The molecule has 0 bridgehead atoms. The zero-order chi connectivity index (χ0) is 13.3. The van der Waals surface area contributed by atoms with Crippen LogP contribution in [-0.2, 0) is 9.59 Å². The summed E-state index contributed by atoms with van der Waals surface area (Å²) >= 11 is 0. The predicted molar refractivity (Wildman–Crippen MR) is 68.3 cm³/mol.